The first kappa shape index (κ1) is 20.0. The van der Waals surface area contributed by atoms with Crippen LogP contribution in [0, 0.1) is 5.92 Å². The Morgan fingerprint density at radius 3 is 2.33 bits per heavy atom. The molecule has 6 nitrogen and oxygen atoms in total. The van der Waals surface area contributed by atoms with Gasteiger partial charge in [0.25, 0.3) is 0 Å². The number of aliphatic hydroxyl groups excluding tert-OH is 1. The third kappa shape index (κ3) is 5.85. The van der Waals surface area contributed by atoms with Crippen LogP contribution in [0.3, 0.4) is 0 Å². The van der Waals surface area contributed by atoms with Crippen LogP contribution in [0.4, 0.5) is 4.79 Å². The summed E-state index contributed by atoms with van der Waals surface area (Å²) in [6, 6.07) is 8.80. The Morgan fingerprint density at radius 1 is 1.17 bits per heavy atom. The lowest BCUT2D eigenvalue weighted by molar-refractivity contribution is -0.136. The molecule has 2 amide bonds. The molecule has 0 radical (unpaired) electrons. The lowest BCUT2D eigenvalue weighted by atomic mass is 10.0. The van der Waals surface area contributed by atoms with Crippen molar-refractivity contribution in [3.8, 4) is 0 Å². The second kappa shape index (κ2) is 9.93. The molecule has 1 N–H and O–H groups in total. The predicted molar refractivity (Wildman–Crippen MR) is 92.4 cm³/mol. The van der Waals surface area contributed by atoms with E-state index in [9.17, 15) is 9.59 Å². The van der Waals surface area contributed by atoms with Gasteiger partial charge in [-0.2, -0.15) is 0 Å². The summed E-state index contributed by atoms with van der Waals surface area (Å²) in [5, 5.41) is 8.90. The molecule has 134 valence electrons. The van der Waals surface area contributed by atoms with Crippen LogP contribution in [-0.4, -0.2) is 60.2 Å². The molecule has 0 heterocycles. The van der Waals surface area contributed by atoms with E-state index in [0.29, 0.717) is 13.0 Å². The zero-order chi connectivity index (χ0) is 18.1. The molecule has 0 saturated carbocycles. The minimum absolute atomic E-state index is 0.0267. The highest BCUT2D eigenvalue weighted by Gasteiger charge is 2.32. The van der Waals surface area contributed by atoms with E-state index in [2.05, 4.69) is 0 Å². The van der Waals surface area contributed by atoms with Crippen LogP contribution >= 0.6 is 0 Å². The van der Waals surface area contributed by atoms with Crippen molar-refractivity contribution in [3.05, 3.63) is 35.9 Å². The van der Waals surface area contributed by atoms with E-state index in [-0.39, 0.29) is 25.0 Å². The van der Waals surface area contributed by atoms with Gasteiger partial charge in [-0.3, -0.25) is 9.69 Å². The topological polar surface area (TPSA) is 70.1 Å². The molecule has 0 aromatic heterocycles. The Balaban J connectivity index is 2.69. The van der Waals surface area contributed by atoms with E-state index in [1.54, 1.807) is 19.0 Å². The van der Waals surface area contributed by atoms with Crippen molar-refractivity contribution < 1.29 is 19.4 Å². The fourth-order valence-corrected chi connectivity index (χ4v) is 2.48. The van der Waals surface area contributed by atoms with Crippen LogP contribution in [0.1, 0.15) is 25.8 Å². The van der Waals surface area contributed by atoms with E-state index < -0.39 is 12.1 Å². The number of aliphatic hydroxyl groups is 1. The number of rotatable bonds is 8. The summed E-state index contributed by atoms with van der Waals surface area (Å²) in [5.41, 5.74) is 0.895. The molecule has 0 aliphatic rings. The summed E-state index contributed by atoms with van der Waals surface area (Å²) in [6.07, 6.45) is -0.0173. The Hall–Kier alpha value is -2.08. The predicted octanol–water partition coefficient (Wildman–Crippen LogP) is 2.12. The van der Waals surface area contributed by atoms with Gasteiger partial charge in [0.05, 0.1) is 0 Å². The summed E-state index contributed by atoms with van der Waals surface area (Å²) in [7, 11) is 3.26. The first-order valence-corrected chi connectivity index (χ1v) is 8.17. The molecule has 0 saturated heterocycles. The third-order valence-corrected chi connectivity index (χ3v) is 3.82. The molecule has 1 rings (SSSR count). The van der Waals surface area contributed by atoms with E-state index in [0.717, 1.165) is 5.56 Å². The van der Waals surface area contributed by atoms with Crippen LogP contribution in [0.5, 0.6) is 0 Å². The summed E-state index contributed by atoms with van der Waals surface area (Å²) in [4.78, 5) is 27.8. The number of hydrogen-bond donors (Lipinski definition) is 1. The largest absolute Gasteiger partial charge is 0.445 e. The van der Waals surface area contributed by atoms with Crippen molar-refractivity contribution in [1.29, 1.82) is 0 Å². The van der Waals surface area contributed by atoms with E-state index >= 15 is 0 Å². The molecule has 1 atom stereocenters. The molecule has 0 fully saturated rings. The van der Waals surface area contributed by atoms with Crippen molar-refractivity contribution in [3.63, 3.8) is 0 Å². The smallest absolute Gasteiger partial charge is 0.410 e. The van der Waals surface area contributed by atoms with Crippen molar-refractivity contribution in [2.45, 2.75) is 32.9 Å². The lowest BCUT2D eigenvalue weighted by Gasteiger charge is -2.32. The average molecular weight is 336 g/mol. The summed E-state index contributed by atoms with van der Waals surface area (Å²) in [5.74, 6) is -0.207. The van der Waals surface area contributed by atoms with Crippen molar-refractivity contribution >= 4 is 12.0 Å². The van der Waals surface area contributed by atoms with Crippen LogP contribution in [-0.2, 0) is 16.1 Å². The minimum Gasteiger partial charge on any atom is -0.445 e. The SMILES string of the molecule is CC(C)[C@@H](C(=O)N(C)CCCO)N(C)C(=O)OCc1ccccc1. The Morgan fingerprint density at radius 2 is 1.79 bits per heavy atom. The monoisotopic (exact) mass is 336 g/mol. The van der Waals surface area contributed by atoms with Crippen LogP contribution in [0.2, 0.25) is 0 Å². The molecule has 0 bridgehead atoms. The van der Waals surface area contributed by atoms with Crippen LogP contribution < -0.4 is 0 Å². The Labute approximate surface area is 144 Å². The van der Waals surface area contributed by atoms with Crippen LogP contribution in [0.25, 0.3) is 0 Å². The fourth-order valence-electron chi connectivity index (χ4n) is 2.48. The van der Waals surface area contributed by atoms with E-state index in [1.807, 2.05) is 44.2 Å². The molecular formula is C18H28N2O4. The normalized spacial score (nSPS) is 11.9. The zero-order valence-corrected chi connectivity index (χ0v) is 14.9. The molecule has 6 heteroatoms. The standard InChI is InChI=1S/C18H28N2O4/c1-14(2)16(17(22)19(3)11-8-12-21)20(4)18(23)24-13-15-9-6-5-7-10-15/h5-7,9-10,14,16,21H,8,11-13H2,1-4H3/t16-/m0/s1. The maximum Gasteiger partial charge on any atom is 0.410 e. The average Bonchev–Trinajstić information content (AvgIpc) is 2.57. The number of nitrogens with zero attached hydrogens (tertiary/aromatic N) is 2. The fraction of sp³-hybridized carbons (Fsp3) is 0.556. The van der Waals surface area contributed by atoms with Gasteiger partial charge in [-0.05, 0) is 17.9 Å². The molecular weight excluding hydrogens is 308 g/mol. The maximum atomic E-state index is 12.6. The first-order valence-electron chi connectivity index (χ1n) is 8.17. The van der Waals surface area contributed by atoms with Gasteiger partial charge >= 0.3 is 6.09 Å². The maximum absolute atomic E-state index is 12.6. The van der Waals surface area contributed by atoms with Gasteiger partial charge in [-0.15, -0.1) is 0 Å². The number of carbonyl (C=O) groups is 2. The second-order valence-electron chi connectivity index (χ2n) is 6.18. The number of likely N-dealkylation sites (N-methyl/N-ethyl adjacent to an activating group) is 2. The van der Waals surface area contributed by atoms with Crippen molar-refractivity contribution in [2.24, 2.45) is 5.92 Å². The summed E-state index contributed by atoms with van der Waals surface area (Å²) < 4.78 is 5.31. The summed E-state index contributed by atoms with van der Waals surface area (Å²) >= 11 is 0. The number of amides is 2. The second-order valence-corrected chi connectivity index (χ2v) is 6.18. The Bertz CT molecular complexity index is 519. The van der Waals surface area contributed by atoms with Gasteiger partial charge in [0.15, 0.2) is 0 Å². The minimum atomic E-state index is -0.600. The first-order chi connectivity index (χ1) is 11.4. The van der Waals surface area contributed by atoms with Crippen molar-refractivity contribution in [2.75, 3.05) is 27.2 Å². The van der Waals surface area contributed by atoms with E-state index in [4.69, 9.17) is 9.84 Å². The van der Waals surface area contributed by atoms with Gasteiger partial charge < -0.3 is 14.7 Å². The molecule has 1 aromatic rings. The molecule has 0 aliphatic heterocycles. The van der Waals surface area contributed by atoms with Gasteiger partial charge in [-0.25, -0.2) is 4.79 Å². The number of hydrogen-bond acceptors (Lipinski definition) is 4. The molecule has 0 spiro atoms. The van der Waals surface area contributed by atoms with Gasteiger partial charge in [0.2, 0.25) is 5.91 Å². The molecule has 0 aliphatic carbocycles. The highest BCUT2D eigenvalue weighted by Crippen LogP contribution is 2.14. The lowest BCUT2D eigenvalue weighted by Crippen LogP contribution is -2.51. The van der Waals surface area contributed by atoms with Gasteiger partial charge in [0.1, 0.15) is 12.6 Å². The van der Waals surface area contributed by atoms with Crippen LogP contribution in [0.15, 0.2) is 30.3 Å². The third-order valence-electron chi connectivity index (χ3n) is 3.82. The quantitative estimate of drug-likeness (QED) is 0.789. The molecule has 1 aromatic carbocycles. The van der Waals surface area contributed by atoms with Gasteiger partial charge in [-0.1, -0.05) is 44.2 Å². The van der Waals surface area contributed by atoms with E-state index in [1.165, 1.54) is 4.90 Å². The Kier molecular flexibility index (Phi) is 8.26. The zero-order valence-electron chi connectivity index (χ0n) is 14.9. The van der Waals surface area contributed by atoms with Gasteiger partial charge in [0, 0.05) is 27.2 Å². The number of carbonyl (C=O) groups excluding carboxylic acids is 2. The number of ether oxygens (including phenoxy) is 1. The van der Waals surface area contributed by atoms with Crippen molar-refractivity contribution in [1.82, 2.24) is 9.80 Å². The molecule has 24 heavy (non-hydrogen) atoms. The number of benzene rings is 1. The summed E-state index contributed by atoms with van der Waals surface area (Å²) in [6.45, 7) is 4.43. The highest BCUT2D eigenvalue weighted by atomic mass is 16.6. The highest BCUT2D eigenvalue weighted by molar-refractivity contribution is 5.85. The molecule has 0 unspecified atom stereocenters.